The summed E-state index contributed by atoms with van der Waals surface area (Å²) in [7, 11) is 0. The van der Waals surface area contributed by atoms with Gasteiger partial charge in [0.25, 0.3) is 0 Å². The van der Waals surface area contributed by atoms with Crippen molar-refractivity contribution < 1.29 is 9.53 Å². The molecule has 0 saturated carbocycles. The number of pyridine rings is 1. The molecule has 2 aliphatic rings. The van der Waals surface area contributed by atoms with Crippen molar-refractivity contribution in [2.45, 2.75) is 25.3 Å². The van der Waals surface area contributed by atoms with Gasteiger partial charge in [0.2, 0.25) is 5.91 Å². The number of nitrogens with one attached hydrogen (secondary N) is 2. The summed E-state index contributed by atoms with van der Waals surface area (Å²) >= 11 is 0. The minimum absolute atomic E-state index is 0.0284. The highest BCUT2D eigenvalue weighted by Gasteiger charge is 2.43. The van der Waals surface area contributed by atoms with Crippen LogP contribution in [-0.2, 0) is 9.53 Å². The van der Waals surface area contributed by atoms with Gasteiger partial charge >= 0.3 is 0 Å². The van der Waals surface area contributed by atoms with E-state index in [1.807, 2.05) is 13.0 Å². The number of carbonyl (C=O) groups is 1. The molecule has 2 aliphatic heterocycles. The van der Waals surface area contributed by atoms with Crippen molar-refractivity contribution in [2.24, 2.45) is 0 Å². The van der Waals surface area contributed by atoms with E-state index >= 15 is 0 Å². The zero-order chi connectivity index (χ0) is 11.9. The highest BCUT2D eigenvalue weighted by Crippen LogP contribution is 2.34. The number of ether oxygens (including phenoxy) is 1. The highest BCUT2D eigenvalue weighted by atomic mass is 16.5. The molecule has 17 heavy (non-hydrogen) atoms. The second-order valence-electron chi connectivity index (χ2n) is 4.68. The molecule has 0 unspecified atom stereocenters. The predicted octanol–water partition coefficient (Wildman–Crippen LogP) is 1.30. The lowest BCUT2D eigenvalue weighted by Crippen LogP contribution is -2.55. The summed E-state index contributed by atoms with van der Waals surface area (Å²) in [6, 6.07) is 1.93. The van der Waals surface area contributed by atoms with Gasteiger partial charge in [-0.1, -0.05) is 0 Å². The van der Waals surface area contributed by atoms with E-state index in [4.69, 9.17) is 4.74 Å². The van der Waals surface area contributed by atoms with E-state index in [1.165, 1.54) is 0 Å². The molecule has 1 aromatic heterocycles. The summed E-state index contributed by atoms with van der Waals surface area (Å²) in [5.74, 6) is 0.790. The van der Waals surface area contributed by atoms with Gasteiger partial charge in [-0.05, 0) is 18.6 Å². The molecule has 1 fully saturated rings. The van der Waals surface area contributed by atoms with Crippen molar-refractivity contribution in [1.82, 2.24) is 4.98 Å². The summed E-state index contributed by atoms with van der Waals surface area (Å²) in [5, 5.41) is 6.23. The van der Waals surface area contributed by atoms with E-state index in [9.17, 15) is 4.79 Å². The van der Waals surface area contributed by atoms with Gasteiger partial charge in [0.1, 0.15) is 5.54 Å². The van der Waals surface area contributed by atoms with Gasteiger partial charge in [0, 0.05) is 32.3 Å². The molecule has 5 nitrogen and oxygen atoms in total. The Kier molecular flexibility index (Phi) is 2.29. The van der Waals surface area contributed by atoms with Gasteiger partial charge in [-0.3, -0.25) is 4.79 Å². The maximum atomic E-state index is 12.2. The Labute approximate surface area is 99.6 Å². The van der Waals surface area contributed by atoms with Gasteiger partial charge in [0.05, 0.1) is 5.69 Å². The van der Waals surface area contributed by atoms with Crippen LogP contribution in [0.15, 0.2) is 12.3 Å². The van der Waals surface area contributed by atoms with Crippen molar-refractivity contribution in [3.05, 3.63) is 17.8 Å². The van der Waals surface area contributed by atoms with Crippen LogP contribution >= 0.6 is 0 Å². The second kappa shape index (κ2) is 3.70. The lowest BCUT2D eigenvalue weighted by atomic mass is 9.87. The Bertz CT molecular complexity index is 467. The van der Waals surface area contributed by atoms with Crippen LogP contribution in [0.2, 0.25) is 0 Å². The minimum atomic E-state index is -0.534. The lowest BCUT2D eigenvalue weighted by molar-refractivity contribution is -0.123. The van der Waals surface area contributed by atoms with Crippen LogP contribution in [0.1, 0.15) is 18.4 Å². The molecule has 90 valence electrons. The smallest absolute Gasteiger partial charge is 0.250 e. The summed E-state index contributed by atoms with van der Waals surface area (Å²) in [4.78, 5) is 16.5. The van der Waals surface area contributed by atoms with Gasteiger partial charge in [-0.25, -0.2) is 4.98 Å². The van der Waals surface area contributed by atoms with Gasteiger partial charge < -0.3 is 15.4 Å². The van der Waals surface area contributed by atoms with E-state index in [0.29, 0.717) is 26.1 Å². The van der Waals surface area contributed by atoms with E-state index in [0.717, 1.165) is 17.1 Å². The Morgan fingerprint density at radius 1 is 1.41 bits per heavy atom. The SMILES string of the molecule is Cc1cnc2c(c1)NC(=O)C1(CCOCC1)N2. The quantitative estimate of drug-likeness (QED) is 0.709. The molecule has 3 rings (SSSR count). The highest BCUT2D eigenvalue weighted by molar-refractivity contribution is 6.05. The summed E-state index contributed by atoms with van der Waals surface area (Å²) in [6.07, 6.45) is 3.18. The summed E-state index contributed by atoms with van der Waals surface area (Å²) in [6.45, 7) is 3.18. The number of hydrogen-bond donors (Lipinski definition) is 2. The van der Waals surface area contributed by atoms with Gasteiger partial charge in [-0.15, -0.1) is 0 Å². The largest absolute Gasteiger partial charge is 0.381 e. The fourth-order valence-corrected chi connectivity index (χ4v) is 2.36. The second-order valence-corrected chi connectivity index (χ2v) is 4.68. The van der Waals surface area contributed by atoms with Crippen LogP contribution in [-0.4, -0.2) is 29.6 Å². The monoisotopic (exact) mass is 233 g/mol. The van der Waals surface area contributed by atoms with E-state index in [2.05, 4.69) is 15.6 Å². The number of nitrogens with zero attached hydrogens (tertiary/aromatic N) is 1. The van der Waals surface area contributed by atoms with E-state index in [1.54, 1.807) is 6.20 Å². The number of fused-ring (bicyclic) bond motifs is 1. The number of carbonyl (C=O) groups excluding carboxylic acids is 1. The van der Waals surface area contributed by atoms with Gasteiger partial charge in [0.15, 0.2) is 5.82 Å². The molecule has 2 N–H and O–H groups in total. The lowest BCUT2D eigenvalue weighted by Gasteiger charge is -2.40. The number of anilines is 2. The van der Waals surface area contributed by atoms with Crippen molar-refractivity contribution >= 4 is 17.4 Å². The van der Waals surface area contributed by atoms with Crippen LogP contribution in [0.25, 0.3) is 0 Å². The normalized spacial score (nSPS) is 21.6. The first-order valence-electron chi connectivity index (χ1n) is 5.84. The van der Waals surface area contributed by atoms with Crippen molar-refractivity contribution in [2.75, 3.05) is 23.8 Å². The average Bonchev–Trinajstić information content (AvgIpc) is 2.33. The maximum Gasteiger partial charge on any atom is 0.250 e. The van der Waals surface area contributed by atoms with Gasteiger partial charge in [-0.2, -0.15) is 0 Å². The fourth-order valence-electron chi connectivity index (χ4n) is 2.36. The molecule has 1 amide bonds. The maximum absolute atomic E-state index is 12.2. The first-order valence-corrected chi connectivity index (χ1v) is 5.84. The Morgan fingerprint density at radius 2 is 2.18 bits per heavy atom. The number of aromatic nitrogens is 1. The zero-order valence-corrected chi connectivity index (χ0v) is 9.75. The van der Waals surface area contributed by atoms with Crippen LogP contribution < -0.4 is 10.6 Å². The molecule has 0 aliphatic carbocycles. The molecule has 3 heterocycles. The number of hydrogen-bond acceptors (Lipinski definition) is 4. The molecule has 1 spiro atoms. The van der Waals surface area contributed by atoms with E-state index < -0.39 is 5.54 Å². The van der Waals surface area contributed by atoms with Crippen molar-refractivity contribution in [3.63, 3.8) is 0 Å². The number of amides is 1. The Hall–Kier alpha value is -1.62. The molecular formula is C12H15N3O2. The third kappa shape index (κ3) is 1.67. The molecule has 5 heteroatoms. The third-order valence-electron chi connectivity index (χ3n) is 3.41. The Morgan fingerprint density at radius 3 is 2.94 bits per heavy atom. The average molecular weight is 233 g/mol. The minimum Gasteiger partial charge on any atom is -0.381 e. The van der Waals surface area contributed by atoms with Crippen LogP contribution in [0.5, 0.6) is 0 Å². The number of rotatable bonds is 0. The third-order valence-corrected chi connectivity index (χ3v) is 3.41. The first kappa shape index (κ1) is 10.5. The predicted molar refractivity (Wildman–Crippen MR) is 64.0 cm³/mol. The molecule has 0 radical (unpaired) electrons. The van der Waals surface area contributed by atoms with Crippen molar-refractivity contribution in [3.8, 4) is 0 Å². The molecular weight excluding hydrogens is 218 g/mol. The van der Waals surface area contributed by atoms with Crippen LogP contribution in [0.4, 0.5) is 11.5 Å². The molecule has 1 saturated heterocycles. The molecule has 0 atom stereocenters. The van der Waals surface area contributed by atoms with E-state index in [-0.39, 0.29) is 5.91 Å². The van der Waals surface area contributed by atoms with Crippen LogP contribution in [0, 0.1) is 6.92 Å². The first-order chi connectivity index (χ1) is 8.20. The standard InChI is InChI=1S/C12H15N3O2/c1-8-6-9-10(13-7-8)15-12(11(16)14-9)2-4-17-5-3-12/h6-7H,2-5H2,1H3,(H,13,15)(H,14,16). The van der Waals surface area contributed by atoms with Crippen LogP contribution in [0.3, 0.4) is 0 Å². The zero-order valence-electron chi connectivity index (χ0n) is 9.75. The number of aryl methyl sites for hydroxylation is 1. The fraction of sp³-hybridized carbons (Fsp3) is 0.500. The summed E-state index contributed by atoms with van der Waals surface area (Å²) in [5.41, 5.74) is 1.27. The van der Waals surface area contributed by atoms with Crippen molar-refractivity contribution in [1.29, 1.82) is 0 Å². The molecule has 0 bridgehead atoms. The Balaban J connectivity index is 1.97. The summed E-state index contributed by atoms with van der Waals surface area (Å²) < 4.78 is 5.31. The molecule has 0 aromatic carbocycles. The molecule has 1 aromatic rings. The topological polar surface area (TPSA) is 63.2 Å².